The third kappa shape index (κ3) is 7.67. The molecule has 0 fully saturated rings. The first-order valence-electron chi connectivity index (χ1n) is 17.3. The summed E-state index contributed by atoms with van der Waals surface area (Å²) in [6.45, 7) is 0.336. The number of hydrogen-bond donors (Lipinski definition) is 0. The van der Waals surface area contributed by atoms with Gasteiger partial charge in [-0.1, -0.05) is 41.9 Å². The second-order valence-electron chi connectivity index (χ2n) is 13.5. The summed E-state index contributed by atoms with van der Waals surface area (Å²) in [6, 6.07) is 17.0. The molecule has 0 spiro atoms. The van der Waals surface area contributed by atoms with Crippen molar-refractivity contribution in [2.24, 2.45) is 0 Å². The van der Waals surface area contributed by atoms with Crippen LogP contribution in [0, 0.1) is 116 Å². The van der Waals surface area contributed by atoms with Gasteiger partial charge < -0.3 is 0 Å². The molecule has 24 heteroatoms. The fraction of sp³-hybridized carbons (Fsp3) is 0.0244. The number of pyridine rings is 1. The average Bonchev–Trinajstić information content (AvgIpc) is 3.29. The number of rotatable bonds is 7. The van der Waals surface area contributed by atoms with Gasteiger partial charge in [-0.2, -0.15) is 4.57 Å². The fourth-order valence-electron chi connectivity index (χ4n) is 7.06. The van der Waals surface area contributed by atoms with Crippen LogP contribution in [-0.4, -0.2) is 11.9 Å². The van der Waals surface area contributed by atoms with E-state index < -0.39 is 144 Å². The number of benzene rings is 6. The van der Waals surface area contributed by atoms with E-state index in [1.165, 1.54) is 0 Å². The topological polar surface area (TPSA) is 20.9 Å². The van der Waals surface area contributed by atoms with Crippen molar-refractivity contribution in [3.63, 3.8) is 0 Å². The molecule has 7 rings (SSSR count). The van der Waals surface area contributed by atoms with Crippen molar-refractivity contribution in [2.75, 3.05) is 0 Å². The van der Waals surface area contributed by atoms with Crippen molar-refractivity contribution in [2.45, 2.75) is 6.54 Å². The van der Waals surface area contributed by atoms with E-state index in [2.05, 4.69) is 0 Å². The quantitative estimate of drug-likeness (QED) is 0.0390. The van der Waals surface area contributed by atoms with Gasteiger partial charge in [-0.3, -0.25) is 4.79 Å². The SMILES string of the molecule is Fc1c(F)c(F)c([B-](c2c(F)c(F)c(F)c(F)c2F)(c2c(F)c(F)c(F)c(F)c2F)c2c(F)c(F)c(F)c(F)c2F)c(F)c1F.O=C(C[n+]1ccc2cc(Cl)ccc2c1)c1ccccc1. The molecular formula is C41H13BClF20NO. The number of nitrogens with zero attached hydrogens (tertiary/aromatic N) is 1. The normalized spacial score (nSPS) is 11.6. The molecule has 0 aliphatic rings. The maximum atomic E-state index is 15.4. The molecule has 0 aliphatic heterocycles. The fourth-order valence-corrected chi connectivity index (χ4v) is 7.24. The van der Waals surface area contributed by atoms with Crippen molar-refractivity contribution < 1.29 is 97.2 Å². The first kappa shape index (κ1) is 47.8. The Labute approximate surface area is 353 Å². The Balaban J connectivity index is 0.000000289. The standard InChI is InChI=1S/C24BF20.C17H13ClNO/c26-5-1(6(27)14(35)21(42)13(5)34)25(2-7(28)15(36)22(43)16(37)8(2)29,3-9(30)17(38)23(44)18(39)10(3)31)4-11(32)19(40)24(45)20(41)12(4)33;18-16-7-6-15-11-19(9-8-14(15)10-16)12-17(20)13-4-2-1-3-5-13/h;1-11H,12H2/q-1;+1. The molecule has 2 nitrogen and oxygen atoms in total. The summed E-state index contributed by atoms with van der Waals surface area (Å²) in [5, 5.41) is 2.86. The molecule has 0 unspecified atom stereocenters. The van der Waals surface area contributed by atoms with Crippen molar-refractivity contribution >= 4 is 56.2 Å². The maximum absolute atomic E-state index is 15.4. The molecule has 0 saturated heterocycles. The number of ketones is 1. The Morgan fingerprint density at radius 3 is 1.03 bits per heavy atom. The van der Waals surface area contributed by atoms with Crippen LogP contribution in [0.2, 0.25) is 5.02 Å². The molecule has 0 amide bonds. The van der Waals surface area contributed by atoms with Gasteiger partial charge >= 0.3 is 0 Å². The van der Waals surface area contributed by atoms with Crippen LogP contribution in [-0.2, 0) is 6.54 Å². The summed E-state index contributed by atoms with van der Waals surface area (Å²) in [5.74, 6) is -71.3. The minimum Gasteiger partial charge on any atom is -0.287 e. The zero-order valence-electron chi connectivity index (χ0n) is 30.9. The lowest BCUT2D eigenvalue weighted by molar-refractivity contribution is -0.681. The molecule has 0 bridgehead atoms. The van der Waals surface area contributed by atoms with Crippen LogP contribution in [0.3, 0.4) is 0 Å². The first-order chi connectivity index (χ1) is 30.4. The van der Waals surface area contributed by atoms with Crippen LogP contribution < -0.4 is 26.4 Å². The highest BCUT2D eigenvalue weighted by Gasteiger charge is 2.52. The number of Topliss-reactive ketones (excluding diaryl/α,β-unsaturated/α-hetero) is 1. The summed E-state index contributed by atoms with van der Waals surface area (Å²) >= 11 is 5.96. The van der Waals surface area contributed by atoms with Crippen molar-refractivity contribution in [3.05, 3.63) is 194 Å². The molecule has 6 aromatic carbocycles. The number of aromatic nitrogens is 1. The molecule has 0 aliphatic carbocycles. The molecule has 0 N–H and O–H groups in total. The lowest BCUT2D eigenvalue weighted by atomic mass is 9.12. The highest BCUT2D eigenvalue weighted by atomic mass is 35.5. The number of hydrogen-bond acceptors (Lipinski definition) is 1. The van der Waals surface area contributed by atoms with Gasteiger partial charge in [0.15, 0.2) is 82.2 Å². The van der Waals surface area contributed by atoms with Crippen LogP contribution in [0.5, 0.6) is 0 Å². The summed E-state index contributed by atoms with van der Waals surface area (Å²) < 4.78 is 296. The van der Waals surface area contributed by atoms with Gasteiger partial charge in [0, 0.05) is 22.0 Å². The van der Waals surface area contributed by atoms with Gasteiger partial charge in [0.1, 0.15) is 52.7 Å². The summed E-state index contributed by atoms with van der Waals surface area (Å²) in [6.07, 6.45) is -3.35. The Morgan fingerprint density at radius 1 is 0.400 bits per heavy atom. The smallest absolute Gasteiger partial charge is 0.227 e. The third-order valence-electron chi connectivity index (χ3n) is 9.93. The minimum absolute atomic E-state index is 0.101. The van der Waals surface area contributed by atoms with E-state index in [1.807, 2.05) is 71.6 Å². The van der Waals surface area contributed by atoms with Crippen LogP contribution in [0.15, 0.2) is 67.0 Å². The third-order valence-corrected chi connectivity index (χ3v) is 10.2. The maximum Gasteiger partial charge on any atom is 0.227 e. The van der Waals surface area contributed by atoms with Gasteiger partial charge in [0.2, 0.25) is 12.3 Å². The molecule has 0 atom stereocenters. The molecule has 338 valence electrons. The Kier molecular flexibility index (Phi) is 13.0. The van der Waals surface area contributed by atoms with E-state index in [1.54, 1.807) is 0 Å². The van der Waals surface area contributed by atoms with Crippen LogP contribution in [0.4, 0.5) is 87.8 Å². The lowest BCUT2D eigenvalue weighted by Crippen LogP contribution is -2.81. The van der Waals surface area contributed by atoms with Gasteiger partial charge in [-0.15, -0.1) is 21.9 Å². The van der Waals surface area contributed by atoms with Crippen LogP contribution >= 0.6 is 11.6 Å². The van der Waals surface area contributed by atoms with E-state index in [4.69, 9.17) is 11.6 Å². The van der Waals surface area contributed by atoms with E-state index in [9.17, 15) is 57.5 Å². The Bertz CT molecular complexity index is 2730. The lowest BCUT2D eigenvalue weighted by Gasteiger charge is -2.44. The van der Waals surface area contributed by atoms with E-state index >= 15 is 35.1 Å². The van der Waals surface area contributed by atoms with Gasteiger partial charge in [0.25, 0.3) is 0 Å². The summed E-state index contributed by atoms with van der Waals surface area (Å²) in [4.78, 5) is 12.2. The van der Waals surface area contributed by atoms with Gasteiger partial charge in [-0.25, -0.2) is 87.8 Å². The zero-order chi connectivity index (χ0) is 48.3. The molecule has 65 heavy (non-hydrogen) atoms. The highest BCUT2D eigenvalue weighted by Crippen LogP contribution is 2.31. The molecule has 7 aromatic rings. The Morgan fingerprint density at radius 2 is 0.708 bits per heavy atom. The highest BCUT2D eigenvalue weighted by molar-refractivity contribution is 7.20. The molecule has 1 heterocycles. The van der Waals surface area contributed by atoms with Crippen molar-refractivity contribution in [1.82, 2.24) is 0 Å². The second-order valence-corrected chi connectivity index (χ2v) is 13.9. The van der Waals surface area contributed by atoms with Crippen molar-refractivity contribution in [3.8, 4) is 0 Å². The van der Waals surface area contributed by atoms with Crippen molar-refractivity contribution in [1.29, 1.82) is 0 Å². The Hall–Kier alpha value is -6.65. The van der Waals surface area contributed by atoms with Gasteiger partial charge in [-0.05, 0) is 23.6 Å². The van der Waals surface area contributed by atoms with Crippen LogP contribution in [0.25, 0.3) is 10.8 Å². The molecular weight excluding hydrogens is 949 g/mol. The van der Waals surface area contributed by atoms with Crippen LogP contribution in [0.1, 0.15) is 10.4 Å². The molecule has 1 aromatic heterocycles. The minimum atomic E-state index is -7.22. The largest absolute Gasteiger partial charge is 0.287 e. The summed E-state index contributed by atoms with van der Waals surface area (Å²) in [7, 11) is 0. The number of fused-ring (bicyclic) bond motifs is 1. The second kappa shape index (κ2) is 17.7. The predicted molar refractivity (Wildman–Crippen MR) is 189 cm³/mol. The van der Waals surface area contributed by atoms with E-state index in [0.29, 0.717) is 6.54 Å². The number of carbonyl (C=O) groups excluding carboxylic acids is 1. The number of halogens is 21. The first-order valence-corrected chi connectivity index (χ1v) is 17.7. The molecule has 0 saturated carbocycles. The molecule has 0 radical (unpaired) electrons. The zero-order valence-corrected chi connectivity index (χ0v) is 31.7. The summed E-state index contributed by atoms with van der Waals surface area (Å²) in [5.41, 5.74) is -13.6. The van der Waals surface area contributed by atoms with E-state index in [-0.39, 0.29) is 5.78 Å². The van der Waals surface area contributed by atoms with Gasteiger partial charge in [0.05, 0.1) is 0 Å². The number of carbonyl (C=O) groups is 1. The van der Waals surface area contributed by atoms with E-state index in [0.717, 1.165) is 21.4 Å². The predicted octanol–water partition coefficient (Wildman–Crippen LogP) is 9.51. The average molecular weight is 962 g/mol. The monoisotopic (exact) mass is 961 g/mol.